The predicted molar refractivity (Wildman–Crippen MR) is 78.3 cm³/mol. The van der Waals surface area contributed by atoms with Crippen molar-refractivity contribution in [3.05, 3.63) is 28.8 Å². The van der Waals surface area contributed by atoms with Crippen LogP contribution in [0.15, 0.2) is 18.2 Å². The molecule has 5 heteroatoms. The van der Waals surface area contributed by atoms with Crippen molar-refractivity contribution < 1.29 is 9.90 Å². The van der Waals surface area contributed by atoms with E-state index in [0.717, 1.165) is 12.8 Å². The van der Waals surface area contributed by atoms with Gasteiger partial charge >= 0.3 is 0 Å². The summed E-state index contributed by atoms with van der Waals surface area (Å²) >= 11 is 5.88. The smallest absolute Gasteiger partial charge is 0.253 e. The van der Waals surface area contributed by atoms with Gasteiger partial charge in [-0.05, 0) is 25.0 Å². The van der Waals surface area contributed by atoms with Crippen LogP contribution >= 0.6 is 11.6 Å². The number of nitrogen functional groups attached to an aromatic ring is 1. The predicted octanol–water partition coefficient (Wildman–Crippen LogP) is 2.45. The Morgan fingerprint density at radius 2 is 2.05 bits per heavy atom. The summed E-state index contributed by atoms with van der Waals surface area (Å²) < 4.78 is 0. The molecule has 0 heterocycles. The van der Waals surface area contributed by atoms with E-state index in [1.54, 1.807) is 18.2 Å². The van der Waals surface area contributed by atoms with Crippen LogP contribution < -0.4 is 11.1 Å². The number of nitrogens with two attached hydrogens (primary N) is 1. The van der Waals surface area contributed by atoms with Crippen molar-refractivity contribution in [3.8, 4) is 0 Å². The first kappa shape index (κ1) is 15.8. The van der Waals surface area contributed by atoms with E-state index in [1.807, 2.05) is 13.8 Å². The SMILES string of the molecule is CCC(CC)(CO)CNC(=O)c1cccc(Cl)c1N. The molecule has 0 bridgehead atoms. The van der Waals surface area contributed by atoms with Gasteiger partial charge in [0.2, 0.25) is 0 Å². The lowest BCUT2D eigenvalue weighted by atomic mass is 9.83. The molecule has 19 heavy (non-hydrogen) atoms. The molecular weight excluding hydrogens is 264 g/mol. The minimum absolute atomic E-state index is 0.0469. The number of aliphatic hydroxyl groups is 1. The molecule has 0 aliphatic carbocycles. The second-order valence-corrected chi connectivity index (χ2v) is 5.16. The first-order valence-electron chi connectivity index (χ1n) is 6.42. The van der Waals surface area contributed by atoms with Gasteiger partial charge in [0.1, 0.15) is 0 Å². The van der Waals surface area contributed by atoms with Crippen LogP contribution in [-0.4, -0.2) is 24.2 Å². The molecular formula is C14H21ClN2O2. The van der Waals surface area contributed by atoms with Crippen LogP contribution in [0.2, 0.25) is 5.02 Å². The molecule has 0 aliphatic heterocycles. The standard InChI is InChI=1S/C14H21ClN2O2/c1-3-14(4-2,9-18)8-17-13(19)10-6-5-7-11(15)12(10)16/h5-7,18H,3-4,8-9,16H2,1-2H3,(H,17,19). The summed E-state index contributed by atoms with van der Waals surface area (Å²) in [4.78, 5) is 12.1. The molecule has 0 fully saturated rings. The van der Waals surface area contributed by atoms with E-state index >= 15 is 0 Å². The third kappa shape index (κ3) is 3.61. The summed E-state index contributed by atoms with van der Waals surface area (Å²) in [6.07, 6.45) is 1.59. The molecule has 0 spiro atoms. The number of anilines is 1. The van der Waals surface area contributed by atoms with E-state index < -0.39 is 0 Å². The summed E-state index contributed by atoms with van der Waals surface area (Å²) in [6.45, 7) is 4.46. The van der Waals surface area contributed by atoms with Gasteiger partial charge in [0.15, 0.2) is 0 Å². The molecule has 1 amide bonds. The number of nitrogens with one attached hydrogen (secondary N) is 1. The Kier molecular flexibility index (Phi) is 5.63. The molecule has 0 aromatic heterocycles. The monoisotopic (exact) mass is 284 g/mol. The van der Waals surface area contributed by atoms with E-state index in [4.69, 9.17) is 17.3 Å². The molecule has 0 saturated heterocycles. The normalized spacial score (nSPS) is 11.4. The van der Waals surface area contributed by atoms with Crippen molar-refractivity contribution >= 4 is 23.2 Å². The second-order valence-electron chi connectivity index (χ2n) is 4.75. The topological polar surface area (TPSA) is 75.3 Å². The van der Waals surface area contributed by atoms with Crippen molar-refractivity contribution in [2.45, 2.75) is 26.7 Å². The van der Waals surface area contributed by atoms with Crippen LogP contribution in [0.3, 0.4) is 0 Å². The van der Waals surface area contributed by atoms with Gasteiger partial charge in [-0.2, -0.15) is 0 Å². The van der Waals surface area contributed by atoms with Crippen LogP contribution in [0.4, 0.5) is 5.69 Å². The zero-order valence-corrected chi connectivity index (χ0v) is 12.1. The lowest BCUT2D eigenvalue weighted by Gasteiger charge is -2.29. The highest BCUT2D eigenvalue weighted by Crippen LogP contribution is 2.25. The molecule has 0 atom stereocenters. The van der Waals surface area contributed by atoms with Crippen molar-refractivity contribution in [1.29, 1.82) is 0 Å². The van der Waals surface area contributed by atoms with E-state index in [2.05, 4.69) is 5.32 Å². The molecule has 1 aromatic rings. The molecule has 4 nitrogen and oxygen atoms in total. The van der Waals surface area contributed by atoms with Crippen molar-refractivity contribution in [2.75, 3.05) is 18.9 Å². The number of carbonyl (C=O) groups is 1. The minimum Gasteiger partial charge on any atom is -0.397 e. The van der Waals surface area contributed by atoms with E-state index in [0.29, 0.717) is 17.1 Å². The van der Waals surface area contributed by atoms with E-state index in [9.17, 15) is 9.90 Å². The fraction of sp³-hybridized carbons (Fsp3) is 0.500. The fourth-order valence-corrected chi connectivity index (χ4v) is 2.05. The number of amides is 1. The minimum atomic E-state index is -0.275. The van der Waals surface area contributed by atoms with E-state index in [1.165, 1.54) is 0 Å². The average molecular weight is 285 g/mol. The maximum Gasteiger partial charge on any atom is 0.253 e. The molecule has 0 radical (unpaired) electrons. The number of hydrogen-bond acceptors (Lipinski definition) is 3. The Hall–Kier alpha value is -1.26. The average Bonchev–Trinajstić information content (AvgIpc) is 2.44. The summed E-state index contributed by atoms with van der Waals surface area (Å²) in [5, 5.41) is 12.7. The Labute approximate surface area is 118 Å². The molecule has 1 rings (SSSR count). The van der Waals surface area contributed by atoms with Gasteiger partial charge in [0.05, 0.1) is 22.9 Å². The first-order valence-corrected chi connectivity index (χ1v) is 6.80. The van der Waals surface area contributed by atoms with Crippen LogP contribution in [0.1, 0.15) is 37.0 Å². The van der Waals surface area contributed by atoms with Gasteiger partial charge in [-0.1, -0.05) is 31.5 Å². The molecule has 0 unspecified atom stereocenters. The van der Waals surface area contributed by atoms with Gasteiger partial charge in [0.25, 0.3) is 5.91 Å². The van der Waals surface area contributed by atoms with Gasteiger partial charge < -0.3 is 16.2 Å². The number of benzene rings is 1. The molecule has 106 valence electrons. The third-order valence-electron chi connectivity index (χ3n) is 3.76. The van der Waals surface area contributed by atoms with Crippen LogP contribution in [0.25, 0.3) is 0 Å². The Balaban J connectivity index is 2.78. The van der Waals surface area contributed by atoms with Crippen LogP contribution in [0, 0.1) is 5.41 Å². The van der Waals surface area contributed by atoms with Gasteiger partial charge in [-0.15, -0.1) is 0 Å². The van der Waals surface area contributed by atoms with Crippen molar-refractivity contribution in [1.82, 2.24) is 5.32 Å². The number of halogens is 1. The van der Waals surface area contributed by atoms with Crippen LogP contribution in [-0.2, 0) is 0 Å². The summed E-state index contributed by atoms with van der Waals surface area (Å²) in [5.74, 6) is -0.264. The number of para-hydroxylation sites is 1. The first-order chi connectivity index (χ1) is 8.99. The fourth-order valence-electron chi connectivity index (χ4n) is 1.88. The Morgan fingerprint density at radius 3 is 2.58 bits per heavy atom. The number of rotatable bonds is 6. The summed E-state index contributed by atoms with van der Waals surface area (Å²) in [6, 6.07) is 4.96. The van der Waals surface area contributed by atoms with Gasteiger partial charge in [-0.25, -0.2) is 0 Å². The zero-order chi connectivity index (χ0) is 14.5. The quantitative estimate of drug-likeness (QED) is 0.702. The summed E-state index contributed by atoms with van der Waals surface area (Å²) in [5.41, 5.74) is 6.15. The van der Waals surface area contributed by atoms with Gasteiger partial charge in [-0.3, -0.25) is 4.79 Å². The highest BCUT2D eigenvalue weighted by atomic mass is 35.5. The number of hydrogen-bond donors (Lipinski definition) is 3. The number of carbonyl (C=O) groups excluding carboxylic acids is 1. The van der Waals surface area contributed by atoms with Crippen LogP contribution in [0.5, 0.6) is 0 Å². The lowest BCUT2D eigenvalue weighted by molar-refractivity contribution is 0.0852. The van der Waals surface area contributed by atoms with Crippen molar-refractivity contribution in [3.63, 3.8) is 0 Å². The zero-order valence-electron chi connectivity index (χ0n) is 11.4. The molecule has 1 aromatic carbocycles. The Bertz CT molecular complexity index is 437. The number of aliphatic hydroxyl groups excluding tert-OH is 1. The highest BCUT2D eigenvalue weighted by molar-refractivity contribution is 6.33. The lowest BCUT2D eigenvalue weighted by Crippen LogP contribution is -2.39. The maximum absolute atomic E-state index is 12.1. The highest BCUT2D eigenvalue weighted by Gasteiger charge is 2.26. The Morgan fingerprint density at radius 1 is 1.42 bits per heavy atom. The molecule has 0 aliphatic rings. The molecule has 4 N–H and O–H groups in total. The molecule has 0 saturated carbocycles. The summed E-state index contributed by atoms with van der Waals surface area (Å²) in [7, 11) is 0. The third-order valence-corrected chi connectivity index (χ3v) is 4.09. The van der Waals surface area contributed by atoms with Crippen molar-refractivity contribution in [2.24, 2.45) is 5.41 Å². The largest absolute Gasteiger partial charge is 0.397 e. The van der Waals surface area contributed by atoms with Gasteiger partial charge in [0, 0.05) is 12.0 Å². The maximum atomic E-state index is 12.1. The van der Waals surface area contributed by atoms with E-state index in [-0.39, 0.29) is 23.6 Å². The second kappa shape index (κ2) is 6.78.